The van der Waals surface area contributed by atoms with E-state index in [0.29, 0.717) is 12.8 Å². The zero-order valence-corrected chi connectivity index (χ0v) is 37.5. The van der Waals surface area contributed by atoms with Gasteiger partial charge in [0.25, 0.3) is 0 Å². The molecule has 0 aliphatic rings. The Labute approximate surface area is 348 Å². The summed E-state index contributed by atoms with van der Waals surface area (Å²) in [6.45, 7) is 4.60. The molecule has 0 saturated heterocycles. The Morgan fingerprint density at radius 2 is 0.431 bits per heavy atom. The maximum Gasteiger partial charge on any atom is 2.00 e. The third-order valence-electron chi connectivity index (χ3n) is 9.45. The first-order valence-electron chi connectivity index (χ1n) is 21.3. The minimum atomic E-state index is -4.50. The standard InChI is InChI=1S/2C20H42O4S.Ca/c2*1-2-3-4-5-6-7-8-9-10-11-12-13-14-15-16-17-18-19-20-24-25(21,22)23;/h2*2-20H2,1H3,(H,21,22,23);/q;;+2/p-2. The van der Waals surface area contributed by atoms with Crippen LogP contribution in [0.1, 0.15) is 245 Å². The van der Waals surface area contributed by atoms with E-state index in [1.54, 1.807) is 0 Å². The minimum absolute atomic E-state index is 0. The van der Waals surface area contributed by atoms with Crippen molar-refractivity contribution in [2.75, 3.05) is 13.2 Å². The summed E-state index contributed by atoms with van der Waals surface area (Å²) in [7, 11) is -8.99. The van der Waals surface area contributed by atoms with Crippen LogP contribution in [0.25, 0.3) is 0 Å². The van der Waals surface area contributed by atoms with Gasteiger partial charge < -0.3 is 9.11 Å². The molecule has 0 amide bonds. The molecular weight excluding hydrogens is 713 g/mol. The summed E-state index contributed by atoms with van der Waals surface area (Å²) in [6, 6.07) is 0. The summed E-state index contributed by atoms with van der Waals surface area (Å²) in [6.07, 6.45) is 46.5. The predicted octanol–water partition coefficient (Wildman–Crippen LogP) is 12.6. The molecule has 0 aromatic carbocycles. The van der Waals surface area contributed by atoms with Gasteiger partial charge in [-0.3, -0.25) is 8.37 Å². The van der Waals surface area contributed by atoms with Gasteiger partial charge in [0.2, 0.25) is 20.8 Å². The van der Waals surface area contributed by atoms with E-state index < -0.39 is 20.8 Å². The third-order valence-corrected chi connectivity index (χ3v) is 10.4. The van der Waals surface area contributed by atoms with Crippen molar-refractivity contribution in [3.63, 3.8) is 0 Å². The number of hydrogen-bond acceptors (Lipinski definition) is 8. The van der Waals surface area contributed by atoms with E-state index in [1.807, 2.05) is 0 Å². The van der Waals surface area contributed by atoms with Gasteiger partial charge in [0.1, 0.15) is 0 Å². The quantitative estimate of drug-likeness (QED) is 0.0259. The van der Waals surface area contributed by atoms with Crippen LogP contribution in [-0.4, -0.2) is 76.9 Å². The van der Waals surface area contributed by atoms with Crippen molar-refractivity contribution in [1.82, 2.24) is 0 Å². The molecule has 8 nitrogen and oxygen atoms in total. The van der Waals surface area contributed by atoms with E-state index in [1.165, 1.54) is 193 Å². The van der Waals surface area contributed by atoms with Crippen LogP contribution in [0.5, 0.6) is 0 Å². The molecule has 0 N–H and O–H groups in total. The van der Waals surface area contributed by atoms with Crippen LogP contribution >= 0.6 is 0 Å². The summed E-state index contributed by atoms with van der Waals surface area (Å²) >= 11 is 0. The molecule has 11 heteroatoms. The van der Waals surface area contributed by atoms with Crippen LogP contribution in [0.4, 0.5) is 0 Å². The van der Waals surface area contributed by atoms with E-state index in [2.05, 4.69) is 22.2 Å². The second kappa shape index (κ2) is 45.4. The van der Waals surface area contributed by atoms with Crippen molar-refractivity contribution < 1.29 is 34.3 Å². The van der Waals surface area contributed by atoms with Crippen molar-refractivity contribution >= 4 is 58.5 Å². The fourth-order valence-corrected chi connectivity index (χ4v) is 6.97. The fourth-order valence-electron chi connectivity index (χ4n) is 6.33. The molecule has 0 saturated carbocycles. The second-order valence-corrected chi connectivity index (χ2v) is 16.6. The molecule has 0 aromatic heterocycles. The Morgan fingerprint density at radius 3 is 0.569 bits per heavy atom. The molecule has 0 rings (SSSR count). The van der Waals surface area contributed by atoms with Crippen molar-refractivity contribution in [1.29, 1.82) is 0 Å². The molecule has 0 aliphatic carbocycles. The normalized spacial score (nSPS) is 11.7. The van der Waals surface area contributed by atoms with Gasteiger partial charge in [-0.15, -0.1) is 0 Å². The van der Waals surface area contributed by atoms with Crippen LogP contribution in [0.3, 0.4) is 0 Å². The minimum Gasteiger partial charge on any atom is -0.726 e. The first-order chi connectivity index (χ1) is 24.1. The largest absolute Gasteiger partial charge is 2.00 e. The van der Waals surface area contributed by atoms with E-state index >= 15 is 0 Å². The maximum atomic E-state index is 10.2. The van der Waals surface area contributed by atoms with Crippen LogP contribution < -0.4 is 0 Å². The van der Waals surface area contributed by atoms with Gasteiger partial charge in [-0.1, -0.05) is 232 Å². The van der Waals surface area contributed by atoms with Gasteiger partial charge in [-0.25, -0.2) is 16.8 Å². The number of hydrogen-bond donors (Lipinski definition) is 0. The van der Waals surface area contributed by atoms with Gasteiger partial charge in [-0.2, -0.15) is 0 Å². The van der Waals surface area contributed by atoms with Gasteiger partial charge in [0.05, 0.1) is 13.2 Å². The summed E-state index contributed by atoms with van der Waals surface area (Å²) in [5, 5.41) is 0. The molecule has 0 atom stereocenters. The average molecular weight is 795 g/mol. The van der Waals surface area contributed by atoms with Crippen LogP contribution in [0.2, 0.25) is 0 Å². The van der Waals surface area contributed by atoms with Crippen LogP contribution in [-0.2, 0) is 29.2 Å². The second-order valence-electron chi connectivity index (χ2n) is 14.5. The van der Waals surface area contributed by atoms with E-state index in [9.17, 15) is 25.9 Å². The molecule has 0 spiro atoms. The van der Waals surface area contributed by atoms with E-state index in [-0.39, 0.29) is 51.0 Å². The molecule has 51 heavy (non-hydrogen) atoms. The van der Waals surface area contributed by atoms with Crippen molar-refractivity contribution in [3.05, 3.63) is 0 Å². The molecule has 0 aromatic rings. The van der Waals surface area contributed by atoms with Crippen molar-refractivity contribution in [3.8, 4) is 0 Å². The van der Waals surface area contributed by atoms with Crippen molar-refractivity contribution in [2.45, 2.75) is 245 Å². The number of rotatable bonds is 40. The SMILES string of the molecule is CCCCCCCCCCCCCCCCCCCCOS(=O)(=O)[O-].CCCCCCCCCCCCCCCCCCCCOS(=O)(=O)[O-].[Ca+2]. The molecule has 0 bridgehead atoms. The predicted molar refractivity (Wildman–Crippen MR) is 215 cm³/mol. The smallest absolute Gasteiger partial charge is 0.726 e. The first-order valence-corrected chi connectivity index (χ1v) is 24.0. The van der Waals surface area contributed by atoms with Crippen molar-refractivity contribution in [2.24, 2.45) is 0 Å². The zero-order valence-electron chi connectivity index (χ0n) is 33.7. The Kier molecular flexibility index (Phi) is 50.1. The van der Waals surface area contributed by atoms with Gasteiger partial charge >= 0.3 is 37.7 Å². The Balaban J connectivity index is -0.000000886. The molecule has 0 heterocycles. The average Bonchev–Trinajstić information content (AvgIpc) is 3.06. The molecule has 0 unspecified atom stereocenters. The summed E-state index contributed by atoms with van der Waals surface area (Å²) in [4.78, 5) is 0. The maximum absolute atomic E-state index is 10.2. The Bertz CT molecular complexity index is 787. The third kappa shape index (κ3) is 60.5. The molecule has 0 fully saturated rings. The van der Waals surface area contributed by atoms with Crippen LogP contribution in [0, 0.1) is 0 Å². The fraction of sp³-hybridized carbons (Fsp3) is 1.00. The molecule has 0 radical (unpaired) electrons. The van der Waals surface area contributed by atoms with Crippen LogP contribution in [0.15, 0.2) is 0 Å². The molecule has 0 aliphatic heterocycles. The summed E-state index contributed by atoms with van der Waals surface area (Å²) in [5.41, 5.74) is 0. The van der Waals surface area contributed by atoms with Gasteiger partial charge in [0.15, 0.2) is 0 Å². The molecular formula is C40H82CaO8S2. The number of unbranched alkanes of at least 4 members (excludes halogenated alkanes) is 34. The first kappa shape index (κ1) is 56.3. The topological polar surface area (TPSA) is 133 Å². The summed E-state index contributed by atoms with van der Waals surface area (Å²) in [5.74, 6) is 0. The van der Waals surface area contributed by atoms with Gasteiger partial charge in [0, 0.05) is 0 Å². The monoisotopic (exact) mass is 795 g/mol. The zero-order chi connectivity index (χ0) is 37.3. The Hall–Kier alpha value is 1.000. The van der Waals surface area contributed by atoms with Gasteiger partial charge in [-0.05, 0) is 12.8 Å². The van der Waals surface area contributed by atoms with E-state index in [4.69, 9.17) is 0 Å². The summed E-state index contributed by atoms with van der Waals surface area (Å²) < 4.78 is 69.8. The molecule has 304 valence electrons. The Morgan fingerprint density at radius 1 is 0.294 bits per heavy atom. The van der Waals surface area contributed by atoms with E-state index in [0.717, 1.165) is 25.7 Å².